The number of nitrogens with two attached hydrogens (primary N) is 1. The summed E-state index contributed by atoms with van der Waals surface area (Å²) in [5.74, 6) is 4.75. The second kappa shape index (κ2) is 1.18. The molecule has 0 aromatic carbocycles. The zero-order valence-electron chi connectivity index (χ0n) is 3.72. The highest BCUT2D eigenvalue weighted by Gasteiger charge is 2.29. The smallest absolute Gasteiger partial charge is 0.0495 e. The number of nitrogens with zero attached hydrogens (tertiary/aromatic N) is 1. The van der Waals surface area contributed by atoms with Crippen molar-refractivity contribution in [2.75, 3.05) is 6.54 Å². The van der Waals surface area contributed by atoms with Gasteiger partial charge in [0.05, 0.1) is 0 Å². The van der Waals surface area contributed by atoms with E-state index >= 15 is 0 Å². The van der Waals surface area contributed by atoms with E-state index in [1.165, 1.54) is 0 Å². The summed E-state index contributed by atoms with van der Waals surface area (Å²) in [4.78, 5) is 4.31. The highest BCUT2D eigenvalue weighted by molar-refractivity contribution is 4.75. The van der Waals surface area contributed by atoms with Gasteiger partial charge in [-0.1, -0.05) is 0 Å². The minimum Gasteiger partial charge on any atom is -0.214 e. The van der Waals surface area contributed by atoms with Gasteiger partial charge in [0, 0.05) is 12.6 Å². The van der Waals surface area contributed by atoms with Crippen LogP contribution in [0.1, 0.15) is 6.92 Å². The van der Waals surface area contributed by atoms with Gasteiger partial charge in [-0.3, -0.25) is 0 Å². The Bertz CT molecular complexity index is 54.8. The first-order valence-electron chi connectivity index (χ1n) is 1.98. The predicted octanol–water partition coefficient (Wildman–Crippen LogP) is -0.504. The predicted molar refractivity (Wildman–Crippen MR) is 21.4 cm³/mol. The van der Waals surface area contributed by atoms with E-state index in [4.69, 9.17) is 5.90 Å². The fourth-order valence-corrected chi connectivity index (χ4v) is 0.360. The molecule has 0 saturated carbocycles. The summed E-state index contributed by atoms with van der Waals surface area (Å²) < 4.78 is 0. The third kappa shape index (κ3) is 0.518. The highest BCUT2D eigenvalue weighted by atomic mass is 16.8. The van der Waals surface area contributed by atoms with E-state index < -0.39 is 0 Å². The van der Waals surface area contributed by atoms with Crippen LogP contribution in [0.15, 0.2) is 0 Å². The van der Waals surface area contributed by atoms with Gasteiger partial charge in [0.1, 0.15) is 0 Å². The molecule has 2 N–H and O–H groups in total. The molecule has 1 rings (SSSR count). The van der Waals surface area contributed by atoms with Crippen molar-refractivity contribution < 1.29 is 4.94 Å². The quantitative estimate of drug-likeness (QED) is 0.347. The molecule has 0 aromatic rings. The molecule has 1 aliphatic rings. The lowest BCUT2D eigenvalue weighted by Gasteiger charge is -1.88. The minimum absolute atomic E-state index is 0.551. The van der Waals surface area contributed by atoms with Crippen molar-refractivity contribution in [2.45, 2.75) is 13.0 Å². The standard InChI is InChI=1S/C3H8N2O/c1-3-2-5(3)6-4/h3H,2,4H2,1H3. The first kappa shape index (κ1) is 4.05. The highest BCUT2D eigenvalue weighted by Crippen LogP contribution is 2.12. The van der Waals surface area contributed by atoms with Gasteiger partial charge in [0.25, 0.3) is 0 Å². The molecule has 0 radical (unpaired) electrons. The van der Waals surface area contributed by atoms with Crippen LogP contribution in [0.2, 0.25) is 0 Å². The molecule has 0 aromatic heterocycles. The summed E-state index contributed by atoms with van der Waals surface area (Å²) in [6.45, 7) is 3.03. The Labute approximate surface area is 36.6 Å². The van der Waals surface area contributed by atoms with Crippen molar-refractivity contribution in [3.05, 3.63) is 0 Å². The molecular weight excluding hydrogens is 80.0 g/mol. The number of hydrogen-bond acceptors (Lipinski definition) is 3. The van der Waals surface area contributed by atoms with Crippen LogP contribution in [0, 0.1) is 0 Å². The van der Waals surface area contributed by atoms with E-state index in [9.17, 15) is 0 Å². The van der Waals surface area contributed by atoms with Gasteiger partial charge in [-0.05, 0) is 6.92 Å². The molecule has 3 nitrogen and oxygen atoms in total. The third-order valence-electron chi connectivity index (χ3n) is 0.938. The Morgan fingerprint density at radius 1 is 2.00 bits per heavy atom. The van der Waals surface area contributed by atoms with Crippen LogP contribution in [0.5, 0.6) is 0 Å². The zero-order valence-corrected chi connectivity index (χ0v) is 3.72. The second-order valence-corrected chi connectivity index (χ2v) is 1.55. The molecule has 0 amide bonds. The van der Waals surface area contributed by atoms with E-state index in [0.717, 1.165) is 6.54 Å². The van der Waals surface area contributed by atoms with Gasteiger partial charge in [0.2, 0.25) is 0 Å². The van der Waals surface area contributed by atoms with E-state index in [2.05, 4.69) is 4.94 Å². The average molecular weight is 88.1 g/mol. The molecular formula is C3H8N2O. The summed E-state index contributed by atoms with van der Waals surface area (Å²) in [7, 11) is 0. The molecule has 0 spiro atoms. The molecule has 1 aliphatic heterocycles. The Kier molecular flexibility index (Phi) is 0.799. The fourth-order valence-electron chi connectivity index (χ4n) is 0.360. The lowest BCUT2D eigenvalue weighted by atomic mass is 10.6. The van der Waals surface area contributed by atoms with Gasteiger partial charge < -0.3 is 0 Å². The Morgan fingerprint density at radius 3 is 2.50 bits per heavy atom. The molecule has 36 valence electrons. The van der Waals surface area contributed by atoms with Crippen LogP contribution in [0.3, 0.4) is 0 Å². The minimum atomic E-state index is 0.551. The summed E-state index contributed by atoms with van der Waals surface area (Å²) in [6.07, 6.45) is 0. The van der Waals surface area contributed by atoms with Crippen molar-refractivity contribution in [1.82, 2.24) is 5.06 Å². The van der Waals surface area contributed by atoms with Crippen molar-refractivity contribution in [2.24, 2.45) is 5.90 Å². The molecule has 1 fully saturated rings. The summed E-state index contributed by atoms with van der Waals surface area (Å²) in [5, 5.41) is 1.69. The van der Waals surface area contributed by atoms with Crippen molar-refractivity contribution in [1.29, 1.82) is 0 Å². The van der Waals surface area contributed by atoms with Crippen LogP contribution in [-0.2, 0) is 4.94 Å². The fraction of sp³-hybridized carbons (Fsp3) is 1.00. The van der Waals surface area contributed by atoms with E-state index in [1.807, 2.05) is 6.92 Å². The largest absolute Gasteiger partial charge is 0.214 e. The molecule has 0 bridgehead atoms. The molecule has 3 heteroatoms. The summed E-state index contributed by atoms with van der Waals surface area (Å²) in [5.41, 5.74) is 0. The van der Waals surface area contributed by atoms with E-state index in [0.29, 0.717) is 6.04 Å². The van der Waals surface area contributed by atoms with Gasteiger partial charge >= 0.3 is 0 Å². The molecule has 1 heterocycles. The summed E-state index contributed by atoms with van der Waals surface area (Å²) in [6, 6.07) is 0.551. The second-order valence-electron chi connectivity index (χ2n) is 1.55. The number of hydrogen-bond donors (Lipinski definition) is 1. The number of rotatable bonds is 1. The first-order valence-corrected chi connectivity index (χ1v) is 1.98. The average Bonchev–Trinajstić information content (AvgIpc) is 2.19. The van der Waals surface area contributed by atoms with Crippen LogP contribution < -0.4 is 5.90 Å². The SMILES string of the molecule is CC1CN1ON. The monoisotopic (exact) mass is 88.1 g/mol. The molecule has 2 unspecified atom stereocenters. The number of hydroxylamine groups is 2. The topological polar surface area (TPSA) is 38.3 Å². The molecule has 1 saturated heterocycles. The Morgan fingerprint density at radius 2 is 2.50 bits per heavy atom. The maximum absolute atomic E-state index is 4.75. The van der Waals surface area contributed by atoms with Gasteiger partial charge in [0.15, 0.2) is 0 Å². The van der Waals surface area contributed by atoms with E-state index in [-0.39, 0.29) is 0 Å². The maximum Gasteiger partial charge on any atom is 0.0495 e. The maximum atomic E-state index is 4.75. The van der Waals surface area contributed by atoms with E-state index in [1.54, 1.807) is 5.06 Å². The van der Waals surface area contributed by atoms with Gasteiger partial charge in [-0.15, -0.1) is 0 Å². The molecule has 0 aliphatic carbocycles. The van der Waals surface area contributed by atoms with Gasteiger partial charge in [-0.2, -0.15) is 11.0 Å². The normalized spacial score (nSPS) is 43.0. The first-order chi connectivity index (χ1) is 2.84. The third-order valence-corrected chi connectivity index (χ3v) is 0.938. The van der Waals surface area contributed by atoms with Crippen LogP contribution >= 0.6 is 0 Å². The molecule has 2 atom stereocenters. The molecule has 6 heavy (non-hydrogen) atoms. The summed E-state index contributed by atoms with van der Waals surface area (Å²) >= 11 is 0. The van der Waals surface area contributed by atoms with Crippen LogP contribution in [-0.4, -0.2) is 17.6 Å². The lowest BCUT2D eigenvalue weighted by molar-refractivity contribution is -0.0767. The Balaban J connectivity index is 2.09. The van der Waals surface area contributed by atoms with Crippen molar-refractivity contribution in [3.8, 4) is 0 Å². The lowest BCUT2D eigenvalue weighted by Crippen LogP contribution is -2.06. The Hall–Kier alpha value is -0.120. The van der Waals surface area contributed by atoms with Crippen LogP contribution in [0.25, 0.3) is 0 Å². The van der Waals surface area contributed by atoms with Crippen molar-refractivity contribution >= 4 is 0 Å². The zero-order chi connectivity index (χ0) is 4.57. The van der Waals surface area contributed by atoms with Crippen LogP contribution in [0.4, 0.5) is 0 Å². The van der Waals surface area contributed by atoms with Gasteiger partial charge in [-0.25, -0.2) is 4.94 Å². The van der Waals surface area contributed by atoms with Crippen molar-refractivity contribution in [3.63, 3.8) is 0 Å².